The van der Waals surface area contributed by atoms with Gasteiger partial charge in [0, 0.05) is 18.5 Å². The van der Waals surface area contributed by atoms with Gasteiger partial charge in [-0.25, -0.2) is 13.1 Å². The maximum absolute atomic E-state index is 12.1. The SMILES string of the molecule is Cc1ccccc1-c1nnc(CCNS(=O)(=O)c2ccc(Cl)s2)o1. The predicted octanol–water partition coefficient (Wildman–Crippen LogP) is 3.28. The zero-order valence-corrected chi connectivity index (χ0v) is 15.1. The summed E-state index contributed by atoms with van der Waals surface area (Å²) in [5.74, 6) is 0.802. The number of hydrogen-bond acceptors (Lipinski definition) is 6. The fourth-order valence-electron chi connectivity index (χ4n) is 2.08. The highest BCUT2D eigenvalue weighted by Gasteiger charge is 2.17. The van der Waals surface area contributed by atoms with Crippen LogP contribution in [0.5, 0.6) is 0 Å². The Hall–Kier alpha value is -1.74. The van der Waals surface area contributed by atoms with Crippen molar-refractivity contribution in [3.63, 3.8) is 0 Å². The fourth-order valence-corrected chi connectivity index (χ4v) is 4.64. The summed E-state index contributed by atoms with van der Waals surface area (Å²) in [4.78, 5) is 0. The zero-order chi connectivity index (χ0) is 17.2. The lowest BCUT2D eigenvalue weighted by Gasteiger charge is -2.02. The summed E-state index contributed by atoms with van der Waals surface area (Å²) in [5, 5.41) is 7.97. The molecule has 9 heteroatoms. The summed E-state index contributed by atoms with van der Waals surface area (Å²) in [6, 6.07) is 10.7. The number of aromatic nitrogens is 2. The Morgan fingerprint density at radius 3 is 2.71 bits per heavy atom. The molecule has 0 aliphatic heterocycles. The second kappa shape index (κ2) is 7.02. The minimum atomic E-state index is -3.57. The van der Waals surface area contributed by atoms with Crippen molar-refractivity contribution in [2.75, 3.05) is 6.54 Å². The van der Waals surface area contributed by atoms with Crippen molar-refractivity contribution in [1.29, 1.82) is 0 Å². The largest absolute Gasteiger partial charge is 0.421 e. The fraction of sp³-hybridized carbons (Fsp3) is 0.200. The lowest BCUT2D eigenvalue weighted by atomic mass is 10.1. The van der Waals surface area contributed by atoms with Crippen molar-refractivity contribution in [2.45, 2.75) is 17.6 Å². The lowest BCUT2D eigenvalue weighted by Crippen LogP contribution is -2.25. The molecule has 0 radical (unpaired) electrons. The van der Waals surface area contributed by atoms with Crippen LogP contribution in [0.15, 0.2) is 45.0 Å². The molecule has 3 aromatic rings. The van der Waals surface area contributed by atoms with Crippen LogP contribution in [0.3, 0.4) is 0 Å². The second-order valence-electron chi connectivity index (χ2n) is 5.02. The molecule has 3 rings (SSSR count). The highest BCUT2D eigenvalue weighted by molar-refractivity contribution is 7.91. The molecule has 24 heavy (non-hydrogen) atoms. The van der Waals surface area contributed by atoms with Gasteiger partial charge < -0.3 is 4.42 Å². The van der Waals surface area contributed by atoms with E-state index in [-0.39, 0.29) is 10.8 Å². The molecule has 2 heterocycles. The van der Waals surface area contributed by atoms with Gasteiger partial charge in [0.15, 0.2) is 0 Å². The van der Waals surface area contributed by atoms with Gasteiger partial charge in [0.05, 0.1) is 4.34 Å². The molecule has 0 fully saturated rings. The van der Waals surface area contributed by atoms with Crippen molar-refractivity contribution in [3.05, 3.63) is 52.2 Å². The van der Waals surface area contributed by atoms with Gasteiger partial charge in [-0.3, -0.25) is 0 Å². The maximum Gasteiger partial charge on any atom is 0.250 e. The number of rotatable bonds is 6. The molecule has 0 unspecified atom stereocenters. The minimum Gasteiger partial charge on any atom is -0.421 e. The van der Waals surface area contributed by atoms with E-state index < -0.39 is 10.0 Å². The molecule has 0 aliphatic rings. The maximum atomic E-state index is 12.1. The molecule has 0 atom stereocenters. The number of nitrogens with zero attached hydrogens (tertiary/aromatic N) is 2. The van der Waals surface area contributed by atoms with E-state index in [4.69, 9.17) is 16.0 Å². The average molecular weight is 384 g/mol. The summed E-state index contributed by atoms with van der Waals surface area (Å²) in [5.41, 5.74) is 1.90. The molecule has 0 aliphatic carbocycles. The van der Waals surface area contributed by atoms with E-state index in [0.29, 0.717) is 22.5 Å². The van der Waals surface area contributed by atoms with E-state index in [0.717, 1.165) is 22.5 Å². The Balaban J connectivity index is 1.63. The van der Waals surface area contributed by atoms with Gasteiger partial charge in [-0.05, 0) is 30.7 Å². The quantitative estimate of drug-likeness (QED) is 0.706. The van der Waals surface area contributed by atoms with Crippen LogP contribution < -0.4 is 4.72 Å². The molecule has 1 aromatic carbocycles. The monoisotopic (exact) mass is 383 g/mol. The Labute approximate surface area is 148 Å². The third kappa shape index (κ3) is 3.84. The zero-order valence-electron chi connectivity index (χ0n) is 12.7. The predicted molar refractivity (Wildman–Crippen MR) is 92.7 cm³/mol. The first-order valence-electron chi connectivity index (χ1n) is 7.09. The summed E-state index contributed by atoms with van der Waals surface area (Å²) >= 11 is 6.77. The number of benzene rings is 1. The van der Waals surface area contributed by atoms with Crippen LogP contribution in [0.1, 0.15) is 11.5 Å². The van der Waals surface area contributed by atoms with Gasteiger partial charge in [0.2, 0.25) is 21.8 Å². The van der Waals surface area contributed by atoms with Crippen molar-refractivity contribution >= 4 is 33.0 Å². The summed E-state index contributed by atoms with van der Waals surface area (Å²) in [7, 11) is -3.57. The first-order chi connectivity index (χ1) is 11.5. The van der Waals surface area contributed by atoms with Gasteiger partial charge in [0.25, 0.3) is 0 Å². The Bertz CT molecular complexity index is 950. The van der Waals surface area contributed by atoms with Gasteiger partial charge in [-0.1, -0.05) is 29.8 Å². The van der Waals surface area contributed by atoms with Gasteiger partial charge in [0.1, 0.15) is 4.21 Å². The Morgan fingerprint density at radius 1 is 1.21 bits per heavy atom. The second-order valence-corrected chi connectivity index (χ2v) is 8.73. The number of aryl methyl sites for hydroxylation is 1. The summed E-state index contributed by atoms with van der Waals surface area (Å²) < 4.78 is 32.9. The minimum absolute atomic E-state index is 0.160. The molecule has 126 valence electrons. The van der Waals surface area contributed by atoms with Crippen LogP contribution in [0, 0.1) is 6.92 Å². The van der Waals surface area contributed by atoms with Gasteiger partial charge >= 0.3 is 0 Å². The van der Waals surface area contributed by atoms with E-state index in [1.54, 1.807) is 6.07 Å². The highest BCUT2D eigenvalue weighted by Crippen LogP contribution is 2.25. The van der Waals surface area contributed by atoms with Gasteiger partial charge in [-0.2, -0.15) is 0 Å². The topological polar surface area (TPSA) is 85.1 Å². The molecular formula is C15H14ClN3O3S2. The third-order valence-electron chi connectivity index (χ3n) is 3.29. The molecular weight excluding hydrogens is 370 g/mol. The summed E-state index contributed by atoms with van der Waals surface area (Å²) in [6.45, 7) is 2.12. The van der Waals surface area contributed by atoms with Crippen molar-refractivity contribution in [1.82, 2.24) is 14.9 Å². The van der Waals surface area contributed by atoms with Crippen LogP contribution in [0.25, 0.3) is 11.5 Å². The molecule has 2 aromatic heterocycles. The van der Waals surface area contributed by atoms with E-state index in [1.165, 1.54) is 6.07 Å². The number of halogens is 1. The van der Waals surface area contributed by atoms with Crippen LogP contribution in [0.4, 0.5) is 0 Å². The van der Waals surface area contributed by atoms with Crippen molar-refractivity contribution in [2.24, 2.45) is 0 Å². The van der Waals surface area contributed by atoms with Crippen LogP contribution in [0.2, 0.25) is 4.34 Å². The number of sulfonamides is 1. The molecule has 0 saturated carbocycles. The van der Waals surface area contributed by atoms with E-state index >= 15 is 0 Å². The number of hydrogen-bond donors (Lipinski definition) is 1. The van der Waals surface area contributed by atoms with Crippen LogP contribution in [-0.4, -0.2) is 25.2 Å². The number of thiophene rings is 1. The Morgan fingerprint density at radius 2 is 2.00 bits per heavy atom. The smallest absolute Gasteiger partial charge is 0.250 e. The lowest BCUT2D eigenvalue weighted by molar-refractivity contribution is 0.502. The van der Waals surface area contributed by atoms with E-state index in [2.05, 4.69) is 14.9 Å². The van der Waals surface area contributed by atoms with E-state index in [1.807, 2.05) is 31.2 Å². The van der Waals surface area contributed by atoms with Crippen molar-refractivity contribution in [3.8, 4) is 11.5 Å². The van der Waals surface area contributed by atoms with Gasteiger partial charge in [-0.15, -0.1) is 21.5 Å². The molecule has 0 spiro atoms. The third-order valence-corrected chi connectivity index (χ3v) is 6.47. The molecule has 0 saturated heterocycles. The standard InChI is InChI=1S/C15H14ClN3O3S2/c1-10-4-2-3-5-11(10)15-19-18-13(22-15)8-9-17-24(20,21)14-7-6-12(16)23-14/h2-7,17H,8-9H2,1H3. The van der Waals surface area contributed by atoms with Crippen LogP contribution >= 0.6 is 22.9 Å². The molecule has 1 N–H and O–H groups in total. The van der Waals surface area contributed by atoms with Crippen molar-refractivity contribution < 1.29 is 12.8 Å². The molecule has 0 amide bonds. The molecule has 6 nitrogen and oxygen atoms in total. The molecule has 0 bridgehead atoms. The average Bonchev–Trinajstić information content (AvgIpc) is 3.17. The summed E-state index contributed by atoms with van der Waals surface area (Å²) in [6.07, 6.45) is 0.303. The van der Waals surface area contributed by atoms with Crippen LogP contribution in [-0.2, 0) is 16.4 Å². The first kappa shape index (κ1) is 17.1. The number of nitrogens with one attached hydrogen (secondary N) is 1. The van der Waals surface area contributed by atoms with E-state index in [9.17, 15) is 8.42 Å². The Kier molecular flexibility index (Phi) is 5.00. The highest BCUT2D eigenvalue weighted by atomic mass is 35.5. The normalized spacial score (nSPS) is 11.8. The first-order valence-corrected chi connectivity index (χ1v) is 9.77.